The molecule has 2 heteroatoms. The molecule has 0 bridgehead atoms. The molecular weight excluding hydrogens is 150 g/mol. The smallest absolute Gasteiger partial charge is 0.223 e. The molecule has 2 nitrogen and oxygen atoms in total. The van der Waals surface area contributed by atoms with E-state index < -0.39 is 0 Å². The van der Waals surface area contributed by atoms with Gasteiger partial charge in [-0.25, -0.2) is 0 Å². The number of rotatable bonds is 3. The number of amides is 1. The Morgan fingerprint density at radius 1 is 1.50 bits per heavy atom. The van der Waals surface area contributed by atoms with Gasteiger partial charge in [-0.3, -0.25) is 4.79 Å². The Labute approximate surface area is 74.7 Å². The lowest BCUT2D eigenvalue weighted by Crippen LogP contribution is -2.35. The van der Waals surface area contributed by atoms with Crippen LogP contribution in [0.25, 0.3) is 0 Å². The highest BCUT2D eigenvalue weighted by Gasteiger charge is 2.22. The summed E-state index contributed by atoms with van der Waals surface area (Å²) in [6, 6.07) is 0.345. The zero-order chi connectivity index (χ0) is 8.97. The maximum absolute atomic E-state index is 11.5. The highest BCUT2D eigenvalue weighted by Crippen LogP contribution is 2.24. The molecule has 0 radical (unpaired) electrons. The monoisotopic (exact) mass is 169 g/mol. The molecule has 0 spiro atoms. The van der Waals surface area contributed by atoms with Crippen LogP contribution in [0.1, 0.15) is 46.0 Å². The van der Waals surface area contributed by atoms with Crippen LogP contribution in [0.15, 0.2) is 0 Å². The van der Waals surface area contributed by atoms with Crippen LogP contribution < -0.4 is 5.32 Å². The second-order valence-corrected chi connectivity index (χ2v) is 3.80. The molecule has 1 amide bonds. The Kier molecular flexibility index (Phi) is 3.57. The van der Waals surface area contributed by atoms with Crippen molar-refractivity contribution in [2.75, 3.05) is 0 Å². The first kappa shape index (κ1) is 9.56. The van der Waals surface area contributed by atoms with Crippen molar-refractivity contribution in [3.8, 4) is 0 Å². The Bertz CT molecular complexity index is 150. The van der Waals surface area contributed by atoms with E-state index >= 15 is 0 Å². The summed E-state index contributed by atoms with van der Waals surface area (Å²) >= 11 is 0. The van der Waals surface area contributed by atoms with E-state index in [-0.39, 0.29) is 5.91 Å². The zero-order valence-corrected chi connectivity index (χ0v) is 8.10. The van der Waals surface area contributed by atoms with Gasteiger partial charge in [-0.05, 0) is 26.2 Å². The largest absolute Gasteiger partial charge is 0.353 e. The van der Waals surface area contributed by atoms with Crippen LogP contribution in [0.2, 0.25) is 0 Å². The topological polar surface area (TPSA) is 29.1 Å². The maximum atomic E-state index is 11.5. The predicted molar refractivity (Wildman–Crippen MR) is 49.9 cm³/mol. The minimum Gasteiger partial charge on any atom is -0.353 e. The van der Waals surface area contributed by atoms with Crippen LogP contribution in [-0.4, -0.2) is 11.9 Å². The molecule has 0 aromatic carbocycles. The van der Waals surface area contributed by atoms with Gasteiger partial charge in [-0.2, -0.15) is 0 Å². The molecule has 1 fully saturated rings. The van der Waals surface area contributed by atoms with Gasteiger partial charge < -0.3 is 5.32 Å². The SMILES string of the molecule is CC[C@H](C)NC(=O)C1CCCC1. The molecule has 1 aliphatic rings. The van der Waals surface area contributed by atoms with Gasteiger partial charge in [0.05, 0.1) is 0 Å². The van der Waals surface area contributed by atoms with Gasteiger partial charge in [-0.15, -0.1) is 0 Å². The van der Waals surface area contributed by atoms with Crippen LogP contribution in [0, 0.1) is 5.92 Å². The number of hydrogen-bond acceptors (Lipinski definition) is 1. The van der Waals surface area contributed by atoms with E-state index in [1.165, 1.54) is 12.8 Å². The Hall–Kier alpha value is -0.530. The van der Waals surface area contributed by atoms with Crippen molar-refractivity contribution < 1.29 is 4.79 Å². The van der Waals surface area contributed by atoms with Crippen molar-refractivity contribution in [2.24, 2.45) is 5.92 Å². The number of carbonyl (C=O) groups is 1. The van der Waals surface area contributed by atoms with Crippen LogP contribution in [0.3, 0.4) is 0 Å². The summed E-state index contributed by atoms with van der Waals surface area (Å²) in [5.41, 5.74) is 0. The Morgan fingerprint density at radius 2 is 2.08 bits per heavy atom. The quantitative estimate of drug-likeness (QED) is 0.688. The normalized spacial score (nSPS) is 20.8. The number of carbonyl (C=O) groups excluding carboxylic acids is 1. The summed E-state index contributed by atoms with van der Waals surface area (Å²) < 4.78 is 0. The highest BCUT2D eigenvalue weighted by molar-refractivity contribution is 5.79. The van der Waals surface area contributed by atoms with E-state index in [1.54, 1.807) is 0 Å². The second-order valence-electron chi connectivity index (χ2n) is 3.80. The molecule has 0 unspecified atom stereocenters. The lowest BCUT2D eigenvalue weighted by molar-refractivity contribution is -0.125. The van der Waals surface area contributed by atoms with E-state index in [1.807, 2.05) is 0 Å². The van der Waals surface area contributed by atoms with E-state index in [0.717, 1.165) is 19.3 Å². The van der Waals surface area contributed by atoms with Gasteiger partial charge >= 0.3 is 0 Å². The summed E-state index contributed by atoms with van der Waals surface area (Å²) in [6.07, 6.45) is 5.69. The molecule has 1 aliphatic carbocycles. The summed E-state index contributed by atoms with van der Waals surface area (Å²) in [7, 11) is 0. The van der Waals surface area contributed by atoms with Crippen molar-refractivity contribution >= 4 is 5.91 Å². The minimum atomic E-state index is 0.279. The molecule has 0 aromatic heterocycles. The summed E-state index contributed by atoms with van der Waals surface area (Å²) in [5.74, 6) is 0.598. The number of nitrogens with one attached hydrogen (secondary N) is 1. The second kappa shape index (κ2) is 4.48. The van der Waals surface area contributed by atoms with Gasteiger partial charge in [-0.1, -0.05) is 19.8 Å². The average Bonchev–Trinajstić information content (AvgIpc) is 2.56. The standard InChI is InChI=1S/C10H19NO/c1-3-8(2)11-10(12)9-6-4-5-7-9/h8-9H,3-7H2,1-2H3,(H,11,12)/t8-/m0/s1. The maximum Gasteiger partial charge on any atom is 0.223 e. The molecule has 0 aromatic rings. The van der Waals surface area contributed by atoms with Gasteiger partial charge in [0, 0.05) is 12.0 Å². The first-order valence-corrected chi connectivity index (χ1v) is 5.04. The van der Waals surface area contributed by atoms with Crippen LogP contribution >= 0.6 is 0 Å². The van der Waals surface area contributed by atoms with Gasteiger partial charge in [0.25, 0.3) is 0 Å². The number of hydrogen-bond donors (Lipinski definition) is 1. The summed E-state index contributed by atoms with van der Waals surface area (Å²) in [4.78, 5) is 11.5. The van der Waals surface area contributed by atoms with Gasteiger partial charge in [0.15, 0.2) is 0 Å². The average molecular weight is 169 g/mol. The zero-order valence-electron chi connectivity index (χ0n) is 8.10. The molecule has 1 rings (SSSR count). The molecular formula is C10H19NO. The molecule has 0 heterocycles. The van der Waals surface area contributed by atoms with E-state index in [9.17, 15) is 4.79 Å². The Morgan fingerprint density at radius 3 is 2.58 bits per heavy atom. The van der Waals surface area contributed by atoms with Crippen LogP contribution in [0.4, 0.5) is 0 Å². The van der Waals surface area contributed by atoms with Crippen molar-refractivity contribution in [1.29, 1.82) is 0 Å². The molecule has 0 aliphatic heterocycles. The third kappa shape index (κ3) is 2.50. The summed E-state index contributed by atoms with van der Waals surface area (Å²) in [5, 5.41) is 3.03. The predicted octanol–water partition coefficient (Wildman–Crippen LogP) is 2.09. The summed E-state index contributed by atoms with van der Waals surface area (Å²) in [6.45, 7) is 4.16. The molecule has 1 atom stereocenters. The van der Waals surface area contributed by atoms with E-state index in [2.05, 4.69) is 19.2 Å². The fraction of sp³-hybridized carbons (Fsp3) is 0.900. The first-order chi connectivity index (χ1) is 5.74. The third-order valence-corrected chi connectivity index (χ3v) is 2.73. The third-order valence-electron chi connectivity index (χ3n) is 2.73. The van der Waals surface area contributed by atoms with Crippen LogP contribution in [-0.2, 0) is 4.79 Å². The van der Waals surface area contributed by atoms with Gasteiger partial charge in [0.1, 0.15) is 0 Å². The first-order valence-electron chi connectivity index (χ1n) is 5.04. The van der Waals surface area contributed by atoms with Crippen molar-refractivity contribution in [2.45, 2.75) is 52.0 Å². The van der Waals surface area contributed by atoms with Crippen molar-refractivity contribution in [3.05, 3.63) is 0 Å². The van der Waals surface area contributed by atoms with E-state index in [0.29, 0.717) is 12.0 Å². The van der Waals surface area contributed by atoms with Crippen molar-refractivity contribution in [3.63, 3.8) is 0 Å². The molecule has 12 heavy (non-hydrogen) atoms. The fourth-order valence-electron chi connectivity index (χ4n) is 1.65. The fourth-order valence-corrected chi connectivity index (χ4v) is 1.65. The van der Waals surface area contributed by atoms with Crippen LogP contribution in [0.5, 0.6) is 0 Å². The lowest BCUT2D eigenvalue weighted by Gasteiger charge is -2.14. The van der Waals surface area contributed by atoms with Gasteiger partial charge in [0.2, 0.25) is 5.91 Å². The molecule has 1 N–H and O–H groups in total. The lowest BCUT2D eigenvalue weighted by atomic mass is 10.1. The molecule has 70 valence electrons. The molecule has 1 saturated carbocycles. The Balaban J connectivity index is 2.27. The highest BCUT2D eigenvalue weighted by atomic mass is 16.1. The minimum absolute atomic E-state index is 0.279. The van der Waals surface area contributed by atoms with Crippen molar-refractivity contribution in [1.82, 2.24) is 5.32 Å². The van der Waals surface area contributed by atoms with E-state index in [4.69, 9.17) is 0 Å². The molecule has 0 saturated heterocycles.